The Labute approximate surface area is 243 Å². The van der Waals surface area contributed by atoms with E-state index >= 15 is 0 Å². The predicted molar refractivity (Wildman–Crippen MR) is 159 cm³/mol. The standard InChI is InChI=1S/C31H41N5O4S/c1-31(2,3)25-12-10-23(11-13-25)29-33-28(40-34-29)22-35-18-8-9-24(21-35)30(37)32-26-14-16-27(17-15-26)41(38,39)36-19-6-4-5-7-20-36/h10-17,24H,4-9,18-22H2,1-3H3,(H,32,37). The molecule has 10 heteroatoms. The molecule has 1 amide bonds. The van der Waals surface area contributed by atoms with Crippen LogP contribution in [0.2, 0.25) is 0 Å². The molecule has 2 aliphatic rings. The number of nitrogens with zero attached hydrogens (tertiary/aromatic N) is 4. The van der Waals surface area contributed by atoms with Crippen molar-refractivity contribution in [3.05, 3.63) is 60.0 Å². The fraction of sp³-hybridized carbons (Fsp3) is 0.516. The van der Waals surface area contributed by atoms with Crippen LogP contribution in [0.4, 0.5) is 5.69 Å². The molecule has 9 nitrogen and oxygen atoms in total. The molecular formula is C31H41N5O4S. The van der Waals surface area contributed by atoms with Gasteiger partial charge in [0.05, 0.1) is 17.4 Å². The van der Waals surface area contributed by atoms with E-state index in [1.807, 2.05) is 12.1 Å². The van der Waals surface area contributed by atoms with Crippen LogP contribution in [0.15, 0.2) is 57.9 Å². The van der Waals surface area contributed by atoms with Gasteiger partial charge in [-0.25, -0.2) is 8.42 Å². The maximum absolute atomic E-state index is 13.1. The zero-order chi connectivity index (χ0) is 29.0. The van der Waals surface area contributed by atoms with E-state index in [4.69, 9.17) is 4.52 Å². The highest BCUT2D eigenvalue weighted by Gasteiger charge is 2.28. The van der Waals surface area contributed by atoms with Crippen molar-refractivity contribution in [1.82, 2.24) is 19.3 Å². The van der Waals surface area contributed by atoms with E-state index in [1.165, 1.54) is 5.56 Å². The van der Waals surface area contributed by atoms with Gasteiger partial charge in [-0.05, 0) is 67.5 Å². The summed E-state index contributed by atoms with van der Waals surface area (Å²) in [6.45, 7) is 9.60. The highest BCUT2D eigenvalue weighted by atomic mass is 32.2. The SMILES string of the molecule is CC(C)(C)c1ccc(-c2noc(CN3CCCC(C(=O)Nc4ccc(S(=O)(=O)N5CCCCCC5)cc4)C3)n2)cc1. The fourth-order valence-electron chi connectivity index (χ4n) is 5.55. The lowest BCUT2D eigenvalue weighted by Gasteiger charge is -2.30. The zero-order valence-electron chi connectivity index (χ0n) is 24.3. The second-order valence-corrected chi connectivity index (χ2v) is 14.2. The number of carbonyl (C=O) groups excluding carboxylic acids is 1. The van der Waals surface area contributed by atoms with E-state index in [0.717, 1.165) is 50.6 Å². The average molecular weight is 580 g/mol. The minimum atomic E-state index is -3.52. The molecule has 1 atom stereocenters. The lowest BCUT2D eigenvalue weighted by Crippen LogP contribution is -2.40. The minimum absolute atomic E-state index is 0.0667. The molecule has 2 aliphatic heterocycles. The highest BCUT2D eigenvalue weighted by molar-refractivity contribution is 7.89. The third-order valence-corrected chi connectivity index (χ3v) is 9.95. The maximum atomic E-state index is 13.1. The number of piperidine rings is 1. The molecule has 0 spiro atoms. The number of hydrogen-bond acceptors (Lipinski definition) is 7. The van der Waals surface area contributed by atoms with Crippen LogP contribution >= 0.6 is 0 Å². The van der Waals surface area contributed by atoms with Crippen molar-refractivity contribution in [3.8, 4) is 11.4 Å². The number of aromatic nitrogens is 2. The molecule has 0 saturated carbocycles. The molecule has 5 rings (SSSR count). The molecule has 2 aromatic carbocycles. The summed E-state index contributed by atoms with van der Waals surface area (Å²) in [5.41, 5.74) is 2.83. The topological polar surface area (TPSA) is 109 Å². The quantitative estimate of drug-likeness (QED) is 0.397. The van der Waals surface area contributed by atoms with Gasteiger partial charge < -0.3 is 9.84 Å². The molecule has 2 fully saturated rings. The summed E-state index contributed by atoms with van der Waals surface area (Å²) in [5, 5.41) is 7.15. The van der Waals surface area contributed by atoms with Gasteiger partial charge in [0.1, 0.15) is 0 Å². The van der Waals surface area contributed by atoms with Gasteiger partial charge in [0.15, 0.2) is 0 Å². The highest BCUT2D eigenvalue weighted by Crippen LogP contribution is 2.26. The second kappa shape index (κ2) is 12.4. The van der Waals surface area contributed by atoms with Crippen molar-refractivity contribution in [2.45, 2.75) is 76.2 Å². The lowest BCUT2D eigenvalue weighted by atomic mass is 9.87. The van der Waals surface area contributed by atoms with Gasteiger partial charge in [-0.1, -0.05) is 63.0 Å². The summed E-state index contributed by atoms with van der Waals surface area (Å²) >= 11 is 0. The zero-order valence-corrected chi connectivity index (χ0v) is 25.1. The smallest absolute Gasteiger partial charge is 0.243 e. The largest absolute Gasteiger partial charge is 0.338 e. The Hall–Kier alpha value is -3.08. The summed E-state index contributed by atoms with van der Waals surface area (Å²) in [5.74, 6) is 0.842. The molecule has 1 aromatic heterocycles. The number of benzene rings is 2. The Morgan fingerprint density at radius 2 is 1.63 bits per heavy atom. The van der Waals surface area contributed by atoms with Gasteiger partial charge in [0, 0.05) is 30.9 Å². The first-order valence-corrected chi connectivity index (χ1v) is 16.1. The van der Waals surface area contributed by atoms with Crippen molar-refractivity contribution in [2.75, 3.05) is 31.5 Å². The van der Waals surface area contributed by atoms with Crippen LogP contribution in [0.5, 0.6) is 0 Å². The van der Waals surface area contributed by atoms with Crippen molar-refractivity contribution in [1.29, 1.82) is 0 Å². The number of likely N-dealkylation sites (tertiary alicyclic amines) is 1. The van der Waals surface area contributed by atoms with Crippen molar-refractivity contribution in [2.24, 2.45) is 5.92 Å². The lowest BCUT2D eigenvalue weighted by molar-refractivity contribution is -0.121. The Bertz CT molecular complexity index is 1420. The minimum Gasteiger partial charge on any atom is -0.338 e. The molecule has 0 bridgehead atoms. The number of hydrogen-bond donors (Lipinski definition) is 1. The van der Waals surface area contributed by atoms with Crippen LogP contribution in [-0.4, -0.2) is 59.8 Å². The number of amides is 1. The number of nitrogens with one attached hydrogen (secondary N) is 1. The van der Waals surface area contributed by atoms with E-state index in [1.54, 1.807) is 28.6 Å². The molecule has 0 radical (unpaired) electrons. The average Bonchev–Trinajstić information content (AvgIpc) is 3.23. The number of sulfonamides is 1. The van der Waals surface area contributed by atoms with Crippen LogP contribution in [0.1, 0.15) is 70.8 Å². The summed E-state index contributed by atoms with van der Waals surface area (Å²) in [4.78, 5) is 20.1. The molecule has 41 heavy (non-hydrogen) atoms. The van der Waals surface area contributed by atoms with Crippen molar-refractivity contribution < 1.29 is 17.7 Å². The Kier molecular flexibility index (Phi) is 8.91. The predicted octanol–water partition coefficient (Wildman–Crippen LogP) is 5.45. The number of rotatable bonds is 7. The summed E-state index contributed by atoms with van der Waals surface area (Å²) in [6, 6.07) is 14.8. The van der Waals surface area contributed by atoms with Gasteiger partial charge in [-0.2, -0.15) is 9.29 Å². The molecule has 3 aromatic rings. The van der Waals surface area contributed by atoms with Crippen LogP contribution < -0.4 is 5.32 Å². The van der Waals surface area contributed by atoms with Gasteiger partial charge in [-0.15, -0.1) is 0 Å². The van der Waals surface area contributed by atoms with Crippen LogP contribution in [0.25, 0.3) is 11.4 Å². The Morgan fingerprint density at radius 1 is 0.951 bits per heavy atom. The van der Waals surface area contributed by atoms with E-state index in [0.29, 0.717) is 43.6 Å². The number of anilines is 1. The Balaban J connectivity index is 1.16. The monoisotopic (exact) mass is 579 g/mol. The van der Waals surface area contributed by atoms with E-state index in [-0.39, 0.29) is 22.1 Å². The molecule has 3 heterocycles. The first-order valence-electron chi connectivity index (χ1n) is 14.7. The molecule has 1 N–H and O–H groups in total. The Morgan fingerprint density at radius 3 is 2.29 bits per heavy atom. The molecule has 2 saturated heterocycles. The fourth-order valence-corrected chi connectivity index (χ4v) is 7.06. The van der Waals surface area contributed by atoms with Gasteiger partial charge in [0.2, 0.25) is 27.6 Å². The summed E-state index contributed by atoms with van der Waals surface area (Å²) in [6.07, 6.45) is 5.60. The van der Waals surface area contributed by atoms with Gasteiger partial charge in [0.25, 0.3) is 0 Å². The first kappa shape index (κ1) is 29.4. The van der Waals surface area contributed by atoms with Gasteiger partial charge in [-0.3, -0.25) is 9.69 Å². The third kappa shape index (κ3) is 7.23. The third-order valence-electron chi connectivity index (χ3n) is 8.04. The molecular weight excluding hydrogens is 538 g/mol. The maximum Gasteiger partial charge on any atom is 0.243 e. The number of carbonyl (C=O) groups is 1. The van der Waals surface area contributed by atoms with Crippen molar-refractivity contribution in [3.63, 3.8) is 0 Å². The van der Waals surface area contributed by atoms with Gasteiger partial charge >= 0.3 is 0 Å². The second-order valence-electron chi connectivity index (χ2n) is 12.2. The summed E-state index contributed by atoms with van der Waals surface area (Å²) in [7, 11) is -3.52. The van der Waals surface area contributed by atoms with Crippen LogP contribution in [0, 0.1) is 5.92 Å². The molecule has 0 aliphatic carbocycles. The van der Waals surface area contributed by atoms with E-state index in [2.05, 4.69) is 53.3 Å². The van der Waals surface area contributed by atoms with Crippen LogP contribution in [-0.2, 0) is 26.8 Å². The molecule has 220 valence electrons. The van der Waals surface area contributed by atoms with Crippen molar-refractivity contribution >= 4 is 21.6 Å². The summed E-state index contributed by atoms with van der Waals surface area (Å²) < 4.78 is 33.2. The van der Waals surface area contributed by atoms with E-state index in [9.17, 15) is 13.2 Å². The van der Waals surface area contributed by atoms with Crippen LogP contribution in [0.3, 0.4) is 0 Å². The van der Waals surface area contributed by atoms with E-state index < -0.39 is 10.0 Å². The normalized spacial score (nSPS) is 19.5. The molecule has 1 unspecified atom stereocenters. The first-order chi connectivity index (χ1) is 19.6.